The minimum Gasteiger partial charge on any atom is -0.368 e. The van der Waals surface area contributed by atoms with Gasteiger partial charge in [0.2, 0.25) is 17.6 Å². The summed E-state index contributed by atoms with van der Waals surface area (Å²) in [5, 5.41) is 2.54. The molecule has 0 radical (unpaired) electrons. The number of nitrogens with one attached hydrogen (secondary N) is 1. The minimum absolute atomic E-state index is 0.00986. The molecular formula is C27H37N3O5S2. The van der Waals surface area contributed by atoms with E-state index in [1.165, 1.54) is 6.42 Å². The Hall–Kier alpha value is -2.17. The van der Waals surface area contributed by atoms with Crippen LogP contribution in [0.1, 0.15) is 63.5 Å². The number of primary amides is 1. The van der Waals surface area contributed by atoms with Crippen molar-refractivity contribution in [3.05, 3.63) is 35.9 Å². The summed E-state index contributed by atoms with van der Waals surface area (Å²) in [6, 6.07) is 7.32. The second kappa shape index (κ2) is 13.6. The Labute approximate surface area is 227 Å². The molecule has 2 aliphatic rings. The maximum atomic E-state index is 13.2. The van der Waals surface area contributed by atoms with E-state index in [0.29, 0.717) is 18.4 Å². The first-order valence-corrected chi connectivity index (χ1v) is 14.8. The monoisotopic (exact) mass is 547 g/mol. The summed E-state index contributed by atoms with van der Waals surface area (Å²) in [7, 11) is 1.96. The molecule has 1 aromatic rings. The van der Waals surface area contributed by atoms with Gasteiger partial charge in [0.05, 0.1) is 10.1 Å². The van der Waals surface area contributed by atoms with E-state index in [2.05, 4.69) is 10.2 Å². The lowest BCUT2D eigenvalue weighted by Gasteiger charge is -2.31. The van der Waals surface area contributed by atoms with Crippen LogP contribution in [0.3, 0.4) is 0 Å². The smallest absolute Gasteiger partial charge is 0.244 e. The third kappa shape index (κ3) is 7.91. The fourth-order valence-electron chi connectivity index (χ4n) is 5.02. The molecule has 202 valence electrons. The SMILES string of the molecule is CCCC(CC(=O)[C@@H]1CC2(CN1C)SCCCS2)C(=O)C(=O)CCC(=O)N[C@H](C(N)=O)c1ccccc1. The number of amides is 2. The summed E-state index contributed by atoms with van der Waals surface area (Å²) in [6.45, 7) is 2.76. The molecule has 0 saturated carbocycles. The van der Waals surface area contributed by atoms with E-state index < -0.39 is 35.3 Å². The number of carbonyl (C=O) groups is 5. The summed E-state index contributed by atoms with van der Waals surface area (Å²) < 4.78 is 0.0449. The fourth-order valence-corrected chi connectivity index (χ4v) is 8.50. The van der Waals surface area contributed by atoms with Crippen molar-refractivity contribution in [2.75, 3.05) is 25.1 Å². The van der Waals surface area contributed by atoms with E-state index >= 15 is 0 Å². The van der Waals surface area contributed by atoms with E-state index in [9.17, 15) is 24.0 Å². The van der Waals surface area contributed by atoms with Gasteiger partial charge in [0.15, 0.2) is 11.6 Å². The molecule has 2 aliphatic heterocycles. The molecule has 1 spiro atoms. The van der Waals surface area contributed by atoms with Gasteiger partial charge in [0.1, 0.15) is 6.04 Å². The number of hydrogen-bond acceptors (Lipinski definition) is 8. The quantitative estimate of drug-likeness (QED) is 0.361. The predicted octanol–water partition coefficient (Wildman–Crippen LogP) is 2.89. The Balaban J connectivity index is 1.54. The molecule has 3 rings (SSSR count). The zero-order valence-electron chi connectivity index (χ0n) is 21.6. The maximum absolute atomic E-state index is 13.2. The van der Waals surface area contributed by atoms with Crippen LogP contribution in [0.4, 0.5) is 0 Å². The van der Waals surface area contributed by atoms with Crippen LogP contribution in [-0.2, 0) is 24.0 Å². The van der Waals surface area contributed by atoms with Crippen molar-refractivity contribution in [3.8, 4) is 0 Å². The molecule has 8 nitrogen and oxygen atoms in total. The van der Waals surface area contributed by atoms with Crippen molar-refractivity contribution in [1.82, 2.24) is 10.2 Å². The highest BCUT2D eigenvalue weighted by molar-refractivity contribution is 8.18. The number of hydrogen-bond donors (Lipinski definition) is 2. The molecule has 1 aromatic carbocycles. The van der Waals surface area contributed by atoms with Crippen molar-refractivity contribution in [3.63, 3.8) is 0 Å². The third-order valence-corrected chi connectivity index (χ3v) is 10.3. The fraction of sp³-hybridized carbons (Fsp3) is 0.593. The zero-order valence-corrected chi connectivity index (χ0v) is 23.2. The van der Waals surface area contributed by atoms with Crippen molar-refractivity contribution < 1.29 is 24.0 Å². The van der Waals surface area contributed by atoms with Crippen LogP contribution in [0, 0.1) is 5.92 Å². The largest absolute Gasteiger partial charge is 0.368 e. The minimum atomic E-state index is -1.02. The van der Waals surface area contributed by atoms with Gasteiger partial charge in [-0.15, -0.1) is 23.5 Å². The number of rotatable bonds is 13. The van der Waals surface area contributed by atoms with Crippen molar-refractivity contribution in [2.45, 2.75) is 68.0 Å². The highest BCUT2D eigenvalue weighted by Gasteiger charge is 2.47. The molecule has 2 saturated heterocycles. The van der Waals surface area contributed by atoms with Crippen LogP contribution in [0.5, 0.6) is 0 Å². The second-order valence-electron chi connectivity index (χ2n) is 9.85. The molecule has 1 unspecified atom stereocenters. The molecule has 0 aliphatic carbocycles. The van der Waals surface area contributed by atoms with Gasteiger partial charge in [0, 0.05) is 31.7 Å². The summed E-state index contributed by atoms with van der Waals surface area (Å²) in [5.74, 6) is -0.966. The molecule has 3 N–H and O–H groups in total. The second-order valence-corrected chi connectivity index (χ2v) is 13.1. The topological polar surface area (TPSA) is 127 Å². The van der Waals surface area contributed by atoms with Gasteiger partial charge in [-0.2, -0.15) is 0 Å². The third-order valence-electron chi connectivity index (χ3n) is 6.95. The van der Waals surface area contributed by atoms with Crippen molar-refractivity contribution in [2.24, 2.45) is 11.7 Å². The predicted molar refractivity (Wildman–Crippen MR) is 147 cm³/mol. The van der Waals surface area contributed by atoms with Gasteiger partial charge >= 0.3 is 0 Å². The van der Waals surface area contributed by atoms with E-state index in [1.807, 2.05) is 37.5 Å². The van der Waals surface area contributed by atoms with E-state index in [1.54, 1.807) is 30.3 Å². The summed E-state index contributed by atoms with van der Waals surface area (Å²) in [6.07, 6.45) is 2.60. The van der Waals surface area contributed by atoms with E-state index in [-0.39, 0.29) is 35.2 Å². The number of likely N-dealkylation sites (N-methyl/N-ethyl adjacent to an activating group) is 1. The molecular weight excluding hydrogens is 510 g/mol. The van der Waals surface area contributed by atoms with E-state index in [4.69, 9.17) is 5.73 Å². The first-order chi connectivity index (χ1) is 17.7. The number of benzene rings is 1. The van der Waals surface area contributed by atoms with Crippen molar-refractivity contribution in [1.29, 1.82) is 0 Å². The molecule has 10 heteroatoms. The highest BCUT2D eigenvalue weighted by Crippen LogP contribution is 2.50. The van der Waals surface area contributed by atoms with Gasteiger partial charge in [-0.1, -0.05) is 43.7 Å². The summed E-state index contributed by atoms with van der Waals surface area (Å²) in [4.78, 5) is 65.3. The van der Waals surface area contributed by atoms with Crippen molar-refractivity contribution >= 4 is 52.7 Å². The number of carbonyl (C=O) groups excluding carboxylic acids is 5. The van der Waals surface area contributed by atoms with Gasteiger partial charge in [-0.3, -0.25) is 28.9 Å². The maximum Gasteiger partial charge on any atom is 0.244 e. The molecule has 3 atom stereocenters. The number of Topliss-reactive ketones (excluding diaryl/α,β-unsaturated/α-hetero) is 3. The number of nitrogens with zero attached hydrogens (tertiary/aromatic N) is 1. The summed E-state index contributed by atoms with van der Waals surface area (Å²) >= 11 is 3.87. The highest BCUT2D eigenvalue weighted by atomic mass is 32.2. The standard InChI is InChI=1S/C27H37N3O5S2/c1-3-8-19(15-22(32)20-16-27(17-30(20)2)36-13-7-14-37-27)25(34)21(31)11-12-23(33)29-24(26(28)35)18-9-5-4-6-10-18/h4-6,9-10,19-20,24H,3,7-8,11-17H2,1-2H3,(H2,28,35)(H,29,33)/t19?,20-,24-/m0/s1. The molecule has 0 aromatic heterocycles. The lowest BCUT2D eigenvalue weighted by Crippen LogP contribution is -2.38. The average Bonchev–Trinajstić information content (AvgIpc) is 3.20. The Kier molecular flexibility index (Phi) is 10.8. The van der Waals surface area contributed by atoms with Crippen LogP contribution in [-0.4, -0.2) is 69.3 Å². The lowest BCUT2D eigenvalue weighted by atomic mass is 9.87. The molecule has 0 bridgehead atoms. The van der Waals surface area contributed by atoms with Crippen LogP contribution in [0.25, 0.3) is 0 Å². The van der Waals surface area contributed by atoms with Crippen LogP contribution >= 0.6 is 23.5 Å². The van der Waals surface area contributed by atoms with Gasteiger partial charge in [0.25, 0.3) is 0 Å². The molecule has 2 heterocycles. The van der Waals surface area contributed by atoms with E-state index in [0.717, 1.165) is 24.5 Å². The summed E-state index contributed by atoms with van der Waals surface area (Å²) in [5.41, 5.74) is 5.97. The molecule has 2 amide bonds. The first kappa shape index (κ1) is 29.4. The Bertz CT molecular complexity index is 997. The molecule has 37 heavy (non-hydrogen) atoms. The molecule has 2 fully saturated rings. The van der Waals surface area contributed by atoms with Crippen LogP contribution in [0.2, 0.25) is 0 Å². The normalized spacial score (nSPS) is 20.8. The Morgan fingerprint density at radius 3 is 2.41 bits per heavy atom. The lowest BCUT2D eigenvalue weighted by molar-refractivity contribution is -0.141. The van der Waals surface area contributed by atoms with Gasteiger partial charge in [-0.05, 0) is 43.4 Å². The van der Waals surface area contributed by atoms with Gasteiger partial charge < -0.3 is 11.1 Å². The average molecular weight is 548 g/mol. The number of nitrogens with two attached hydrogens (primary N) is 1. The zero-order chi connectivity index (χ0) is 27.0. The number of thioether (sulfide) groups is 2. The first-order valence-electron chi connectivity index (χ1n) is 12.9. The van der Waals surface area contributed by atoms with Crippen LogP contribution in [0.15, 0.2) is 30.3 Å². The number of likely N-dealkylation sites (tertiary alicyclic amines) is 1. The van der Waals surface area contributed by atoms with Gasteiger partial charge in [-0.25, -0.2) is 0 Å². The Morgan fingerprint density at radius 2 is 1.78 bits per heavy atom. The number of ketones is 3. The Morgan fingerprint density at radius 1 is 1.11 bits per heavy atom. The van der Waals surface area contributed by atoms with Crippen LogP contribution < -0.4 is 11.1 Å².